The van der Waals surface area contributed by atoms with Gasteiger partial charge in [0.25, 0.3) is 0 Å². The van der Waals surface area contributed by atoms with Gasteiger partial charge in [-0.25, -0.2) is 9.97 Å². The van der Waals surface area contributed by atoms with Crippen molar-refractivity contribution >= 4 is 29.0 Å². The third-order valence-electron chi connectivity index (χ3n) is 6.71. The van der Waals surface area contributed by atoms with Crippen LogP contribution in [0.4, 0.5) is 5.82 Å². The fourth-order valence-electron chi connectivity index (χ4n) is 4.65. The van der Waals surface area contributed by atoms with Crippen LogP contribution in [0.2, 0.25) is 10.2 Å². The fraction of sp³-hybridized carbons (Fsp3) is 0.500. The van der Waals surface area contributed by atoms with Gasteiger partial charge in [0.05, 0.1) is 22.5 Å². The minimum atomic E-state index is -0.634. The average Bonchev–Trinajstić information content (AvgIpc) is 3.14. The number of aryl methyl sites for hydroxylation is 1. The molecule has 1 fully saturated rings. The Morgan fingerprint density at radius 2 is 1.89 bits per heavy atom. The van der Waals surface area contributed by atoms with Gasteiger partial charge < -0.3 is 24.8 Å². The number of halogens is 2. The number of aliphatic hydroxyl groups is 1. The highest BCUT2D eigenvalue weighted by atomic mass is 35.5. The number of benzene rings is 1. The van der Waals surface area contributed by atoms with Crippen LogP contribution in [-0.2, 0) is 11.8 Å². The maximum atomic E-state index is 10.0. The van der Waals surface area contributed by atoms with Gasteiger partial charge in [-0.1, -0.05) is 23.2 Å². The molecule has 200 valence electrons. The molecule has 1 atom stereocenters. The van der Waals surface area contributed by atoms with Crippen LogP contribution in [0.5, 0.6) is 5.75 Å². The third-order valence-corrected chi connectivity index (χ3v) is 7.39. The van der Waals surface area contributed by atoms with E-state index in [9.17, 15) is 5.11 Å². The first-order chi connectivity index (χ1) is 17.7. The Morgan fingerprint density at radius 3 is 2.51 bits per heavy atom. The summed E-state index contributed by atoms with van der Waals surface area (Å²) in [6, 6.07) is 5.34. The minimum absolute atomic E-state index is 0.147. The number of likely N-dealkylation sites (N-methyl/N-ethyl adjacent to an activating group) is 1. The van der Waals surface area contributed by atoms with Crippen LogP contribution in [0.1, 0.15) is 24.0 Å². The topological polar surface area (TPSA) is 97.6 Å². The quantitative estimate of drug-likeness (QED) is 0.413. The molecule has 9 nitrogen and oxygen atoms in total. The van der Waals surface area contributed by atoms with Crippen molar-refractivity contribution in [3.05, 3.63) is 39.5 Å². The summed E-state index contributed by atoms with van der Waals surface area (Å²) >= 11 is 13.0. The molecule has 0 amide bonds. The van der Waals surface area contributed by atoms with E-state index in [4.69, 9.17) is 42.6 Å². The lowest BCUT2D eigenvalue weighted by Gasteiger charge is -2.33. The summed E-state index contributed by atoms with van der Waals surface area (Å²) in [5.41, 5.74) is 4.02. The van der Waals surface area contributed by atoms with Crippen LogP contribution in [0.3, 0.4) is 0 Å². The van der Waals surface area contributed by atoms with E-state index in [1.54, 1.807) is 31.0 Å². The second-order valence-electron chi connectivity index (χ2n) is 9.32. The number of rotatable bonds is 9. The van der Waals surface area contributed by atoms with Gasteiger partial charge in [0.15, 0.2) is 11.0 Å². The molecule has 2 aromatic heterocycles. The van der Waals surface area contributed by atoms with E-state index in [1.807, 2.05) is 27.0 Å². The van der Waals surface area contributed by atoms with Gasteiger partial charge in [-0.2, -0.15) is 5.10 Å². The Kier molecular flexibility index (Phi) is 8.92. The number of nitrogens with one attached hydrogen (secondary N) is 1. The van der Waals surface area contributed by atoms with Crippen molar-refractivity contribution in [1.29, 1.82) is 0 Å². The van der Waals surface area contributed by atoms with Gasteiger partial charge in [0.1, 0.15) is 24.3 Å². The van der Waals surface area contributed by atoms with Crippen LogP contribution in [-0.4, -0.2) is 77.5 Å². The predicted molar refractivity (Wildman–Crippen MR) is 147 cm³/mol. The highest BCUT2D eigenvalue weighted by molar-refractivity contribution is 6.33. The van der Waals surface area contributed by atoms with E-state index in [0.717, 1.165) is 54.3 Å². The molecule has 0 unspecified atom stereocenters. The van der Waals surface area contributed by atoms with E-state index in [-0.39, 0.29) is 12.7 Å². The number of ether oxygens (including phenoxy) is 2. The van der Waals surface area contributed by atoms with Crippen molar-refractivity contribution in [2.45, 2.75) is 38.9 Å². The zero-order valence-corrected chi connectivity index (χ0v) is 23.4. The van der Waals surface area contributed by atoms with Crippen molar-refractivity contribution in [2.24, 2.45) is 7.05 Å². The SMILES string of the molecule is CNC[C@@H](O)COc1ccc(Cl)c(-c2nc(-c3c(C)c(Cl)nn3C)c(C)c(N3CCC(OC)CC3)n2)c1. The van der Waals surface area contributed by atoms with Gasteiger partial charge in [-0.05, 0) is 51.9 Å². The van der Waals surface area contributed by atoms with Crippen molar-refractivity contribution in [1.82, 2.24) is 25.1 Å². The summed E-state index contributed by atoms with van der Waals surface area (Å²) < 4.78 is 13.2. The molecule has 11 heteroatoms. The Bertz CT molecular complexity index is 1240. The van der Waals surface area contributed by atoms with Crippen LogP contribution < -0.4 is 15.0 Å². The normalized spacial score (nSPS) is 15.3. The smallest absolute Gasteiger partial charge is 0.163 e. The Morgan fingerprint density at radius 1 is 1.16 bits per heavy atom. The Balaban J connectivity index is 1.80. The number of hydrogen-bond donors (Lipinski definition) is 2. The summed E-state index contributed by atoms with van der Waals surface area (Å²) in [4.78, 5) is 12.3. The summed E-state index contributed by atoms with van der Waals surface area (Å²) in [6.07, 6.45) is 1.45. The molecule has 0 spiro atoms. The number of piperidine rings is 1. The van der Waals surface area contributed by atoms with Gasteiger partial charge in [-0.3, -0.25) is 4.68 Å². The first-order valence-electron chi connectivity index (χ1n) is 12.3. The molecule has 4 rings (SSSR count). The molecule has 0 radical (unpaired) electrons. The summed E-state index contributed by atoms with van der Waals surface area (Å²) in [6.45, 7) is 6.19. The number of aromatic nitrogens is 4. The predicted octanol–water partition coefficient (Wildman–Crippen LogP) is 4.04. The maximum absolute atomic E-state index is 10.0. The van der Waals surface area contributed by atoms with Crippen LogP contribution in [0.15, 0.2) is 18.2 Å². The van der Waals surface area contributed by atoms with E-state index >= 15 is 0 Å². The van der Waals surface area contributed by atoms with Crippen LogP contribution >= 0.6 is 23.2 Å². The second kappa shape index (κ2) is 12.0. The highest BCUT2D eigenvalue weighted by Crippen LogP contribution is 2.37. The summed E-state index contributed by atoms with van der Waals surface area (Å²) in [7, 11) is 5.40. The molecular formula is C26H34Cl2N6O3. The Labute approximate surface area is 227 Å². The molecule has 1 saturated heterocycles. The van der Waals surface area contributed by atoms with Gasteiger partial charge >= 0.3 is 0 Å². The molecule has 2 N–H and O–H groups in total. The van der Waals surface area contributed by atoms with Gasteiger partial charge in [0.2, 0.25) is 0 Å². The Hall–Kier alpha value is -2.43. The minimum Gasteiger partial charge on any atom is -0.491 e. The van der Waals surface area contributed by atoms with E-state index in [2.05, 4.69) is 15.3 Å². The largest absolute Gasteiger partial charge is 0.491 e. The summed E-state index contributed by atoms with van der Waals surface area (Å²) in [5.74, 6) is 1.90. The number of nitrogens with zero attached hydrogens (tertiary/aromatic N) is 5. The zero-order chi connectivity index (χ0) is 26.7. The fourth-order valence-corrected chi connectivity index (χ4v) is 5.05. The van der Waals surface area contributed by atoms with Gasteiger partial charge in [0, 0.05) is 50.5 Å². The lowest BCUT2D eigenvalue weighted by atomic mass is 10.0. The van der Waals surface area contributed by atoms with E-state index < -0.39 is 6.10 Å². The highest BCUT2D eigenvalue weighted by Gasteiger charge is 2.26. The van der Waals surface area contributed by atoms with Crippen molar-refractivity contribution in [3.63, 3.8) is 0 Å². The number of methoxy groups -OCH3 is 1. The molecule has 37 heavy (non-hydrogen) atoms. The molecular weight excluding hydrogens is 515 g/mol. The standard InChI is InChI=1S/C26H34Cl2N6O3/c1-15-22(23-16(2)24(28)32-33(23)4)30-25(31-26(15)34-10-8-18(36-5)9-11-34)20-12-19(6-7-21(20)27)37-14-17(35)13-29-3/h6-7,12,17-18,29,35H,8-11,13-14H2,1-5H3/t17-/m1/s1. The lowest BCUT2D eigenvalue weighted by Crippen LogP contribution is -2.37. The summed E-state index contributed by atoms with van der Waals surface area (Å²) in [5, 5.41) is 18.3. The number of anilines is 1. The first kappa shape index (κ1) is 27.6. The zero-order valence-electron chi connectivity index (χ0n) is 21.9. The molecule has 0 aliphatic carbocycles. The van der Waals surface area contributed by atoms with Crippen molar-refractivity contribution in [3.8, 4) is 28.5 Å². The molecule has 0 saturated carbocycles. The van der Waals surface area contributed by atoms with Crippen molar-refractivity contribution in [2.75, 3.05) is 45.3 Å². The monoisotopic (exact) mass is 548 g/mol. The molecule has 1 aliphatic heterocycles. The van der Waals surface area contributed by atoms with E-state index in [0.29, 0.717) is 33.9 Å². The molecule has 3 heterocycles. The van der Waals surface area contributed by atoms with E-state index in [1.165, 1.54) is 0 Å². The maximum Gasteiger partial charge on any atom is 0.163 e. The molecule has 0 bridgehead atoms. The average molecular weight is 550 g/mol. The molecule has 3 aromatic rings. The molecule has 1 aliphatic rings. The second-order valence-corrected chi connectivity index (χ2v) is 10.1. The molecule has 1 aromatic carbocycles. The van der Waals surface area contributed by atoms with Crippen LogP contribution in [0.25, 0.3) is 22.8 Å². The number of hydrogen-bond acceptors (Lipinski definition) is 8. The van der Waals surface area contributed by atoms with Crippen molar-refractivity contribution < 1.29 is 14.6 Å². The first-order valence-corrected chi connectivity index (χ1v) is 13.1. The lowest BCUT2D eigenvalue weighted by molar-refractivity contribution is 0.0818. The number of aliphatic hydroxyl groups excluding tert-OH is 1. The van der Waals surface area contributed by atoms with Gasteiger partial charge in [-0.15, -0.1) is 0 Å². The third kappa shape index (κ3) is 6.02. The van der Waals surface area contributed by atoms with Crippen LogP contribution in [0, 0.1) is 13.8 Å².